The minimum atomic E-state index is -0.255. The fourth-order valence-electron chi connectivity index (χ4n) is 4.49. The van der Waals surface area contributed by atoms with E-state index in [9.17, 15) is 4.39 Å². The molecular formula is C35H50FN3O. The Bertz CT molecular complexity index is 1140. The number of hydrogen-bond donors (Lipinski definition) is 1. The number of rotatable bonds is 13. The van der Waals surface area contributed by atoms with Gasteiger partial charge in [0.15, 0.2) is 11.6 Å². The maximum atomic E-state index is 14.4. The van der Waals surface area contributed by atoms with Gasteiger partial charge in [-0.1, -0.05) is 58.1 Å². The van der Waals surface area contributed by atoms with Crippen LogP contribution in [0.1, 0.15) is 85.6 Å². The van der Waals surface area contributed by atoms with Gasteiger partial charge in [-0.2, -0.15) is 0 Å². The van der Waals surface area contributed by atoms with E-state index in [0.29, 0.717) is 17.7 Å². The third-order valence-corrected chi connectivity index (χ3v) is 6.86. The molecule has 0 unspecified atom stereocenters. The van der Waals surface area contributed by atoms with Gasteiger partial charge in [0.25, 0.3) is 0 Å². The van der Waals surface area contributed by atoms with Crippen LogP contribution in [0.3, 0.4) is 0 Å². The number of piperidine rings is 1. The maximum absolute atomic E-state index is 14.4. The van der Waals surface area contributed by atoms with Crippen molar-refractivity contribution in [3.8, 4) is 18.1 Å². The molecule has 0 bridgehead atoms. The Morgan fingerprint density at radius 1 is 1.18 bits per heavy atom. The predicted molar refractivity (Wildman–Crippen MR) is 172 cm³/mol. The van der Waals surface area contributed by atoms with Gasteiger partial charge in [0.05, 0.1) is 0 Å². The van der Waals surface area contributed by atoms with Crippen LogP contribution in [0.4, 0.5) is 10.2 Å². The smallest absolute Gasteiger partial charge is 0.166 e. The highest BCUT2D eigenvalue weighted by atomic mass is 19.1. The van der Waals surface area contributed by atoms with Gasteiger partial charge >= 0.3 is 0 Å². The summed E-state index contributed by atoms with van der Waals surface area (Å²) in [6.07, 6.45) is 22.2. The van der Waals surface area contributed by atoms with Gasteiger partial charge in [0.2, 0.25) is 0 Å². The van der Waals surface area contributed by atoms with Crippen LogP contribution in [0, 0.1) is 12.3 Å². The Labute approximate surface area is 243 Å². The number of likely N-dealkylation sites (tertiary alicyclic amines) is 1. The quantitative estimate of drug-likeness (QED) is 0.198. The molecule has 0 amide bonds. The van der Waals surface area contributed by atoms with Crippen molar-refractivity contribution in [2.24, 2.45) is 0 Å². The molecule has 4 nitrogen and oxygen atoms in total. The number of halogens is 1. The number of anilines is 1. The van der Waals surface area contributed by atoms with Crippen molar-refractivity contribution in [1.82, 2.24) is 9.88 Å². The van der Waals surface area contributed by atoms with Gasteiger partial charge in [0.1, 0.15) is 12.4 Å². The molecule has 1 fully saturated rings. The van der Waals surface area contributed by atoms with E-state index in [2.05, 4.69) is 61.7 Å². The highest BCUT2D eigenvalue weighted by Crippen LogP contribution is 2.27. The number of ether oxygens (including phenoxy) is 1. The molecule has 2 N–H and O–H groups in total. The van der Waals surface area contributed by atoms with Gasteiger partial charge in [-0.25, -0.2) is 9.37 Å². The maximum Gasteiger partial charge on any atom is 0.166 e. The Kier molecular flexibility index (Phi) is 17.0. The number of nitrogens with two attached hydrogens (primary N) is 1. The summed E-state index contributed by atoms with van der Waals surface area (Å²) in [6, 6.07) is 1.83. The summed E-state index contributed by atoms with van der Waals surface area (Å²) >= 11 is 0. The lowest BCUT2D eigenvalue weighted by molar-refractivity contribution is 0.247. The molecule has 2 heterocycles. The molecule has 0 atom stereocenters. The van der Waals surface area contributed by atoms with E-state index in [4.69, 9.17) is 10.5 Å². The normalized spacial score (nSPS) is 15.7. The highest BCUT2D eigenvalue weighted by Gasteiger charge is 2.14. The highest BCUT2D eigenvalue weighted by molar-refractivity contribution is 5.74. The van der Waals surface area contributed by atoms with E-state index < -0.39 is 0 Å². The Morgan fingerprint density at radius 2 is 1.85 bits per heavy atom. The van der Waals surface area contributed by atoms with E-state index in [0.717, 1.165) is 30.5 Å². The van der Waals surface area contributed by atoms with Crippen LogP contribution in [0.25, 0.3) is 5.57 Å². The zero-order valence-corrected chi connectivity index (χ0v) is 25.7. The second-order valence-corrected chi connectivity index (χ2v) is 9.82. The molecule has 1 aromatic heterocycles. The molecule has 0 spiro atoms. The summed E-state index contributed by atoms with van der Waals surface area (Å²) in [5, 5.41) is 0. The molecule has 0 aliphatic carbocycles. The molecule has 0 aromatic carbocycles. The number of terminal acetylenes is 1. The second kappa shape index (κ2) is 19.7. The molecule has 1 aliphatic heterocycles. The summed E-state index contributed by atoms with van der Waals surface area (Å²) in [5.41, 5.74) is 12.3. The molecule has 1 aromatic rings. The van der Waals surface area contributed by atoms with Gasteiger partial charge in [-0.05, 0) is 100 Å². The van der Waals surface area contributed by atoms with E-state index in [1.165, 1.54) is 55.1 Å². The Hall–Kier alpha value is -3.36. The molecule has 5 heteroatoms. The summed E-state index contributed by atoms with van der Waals surface area (Å²) in [5.74, 6) is 2.71. The first kappa shape index (κ1) is 34.7. The van der Waals surface area contributed by atoms with Gasteiger partial charge < -0.3 is 10.5 Å². The Balaban J connectivity index is 0.00000254. The summed E-state index contributed by atoms with van der Waals surface area (Å²) in [6.45, 7) is 19.8. The van der Waals surface area contributed by atoms with Crippen molar-refractivity contribution in [3.05, 3.63) is 82.9 Å². The van der Waals surface area contributed by atoms with Crippen LogP contribution in [0.5, 0.6) is 5.75 Å². The van der Waals surface area contributed by atoms with E-state index in [-0.39, 0.29) is 18.3 Å². The predicted octanol–water partition coefficient (Wildman–Crippen LogP) is 9.01. The topological polar surface area (TPSA) is 51.4 Å². The second-order valence-electron chi connectivity index (χ2n) is 9.82. The lowest BCUT2D eigenvalue weighted by Crippen LogP contribution is -2.31. The van der Waals surface area contributed by atoms with Crippen molar-refractivity contribution in [2.45, 2.75) is 80.1 Å². The fraction of sp³-hybridized carbons (Fsp3) is 0.457. The zero-order valence-electron chi connectivity index (χ0n) is 25.7. The minimum Gasteiger partial charge on any atom is -0.485 e. The molecule has 0 radical (unpaired) electrons. The fourth-order valence-corrected chi connectivity index (χ4v) is 4.49. The van der Waals surface area contributed by atoms with Crippen molar-refractivity contribution >= 4 is 11.4 Å². The van der Waals surface area contributed by atoms with Crippen LogP contribution in [-0.4, -0.2) is 36.1 Å². The Morgan fingerprint density at radius 3 is 2.42 bits per heavy atom. The van der Waals surface area contributed by atoms with Crippen molar-refractivity contribution in [1.29, 1.82) is 0 Å². The third kappa shape index (κ3) is 11.8. The van der Waals surface area contributed by atoms with E-state index >= 15 is 0 Å². The zero-order chi connectivity index (χ0) is 29.9. The number of nitrogen functional groups attached to an aromatic ring is 1. The molecule has 218 valence electrons. The largest absolute Gasteiger partial charge is 0.485 e. The monoisotopic (exact) mass is 547 g/mol. The molecule has 40 heavy (non-hydrogen) atoms. The first-order valence-corrected chi connectivity index (χ1v) is 14.5. The lowest BCUT2D eigenvalue weighted by Gasteiger charge is -2.28. The molecule has 2 rings (SSSR count). The molecule has 1 saturated heterocycles. The average Bonchev–Trinajstić information content (AvgIpc) is 2.96. The van der Waals surface area contributed by atoms with Crippen LogP contribution in [0.15, 0.2) is 77.3 Å². The van der Waals surface area contributed by atoms with Crippen LogP contribution in [0.2, 0.25) is 0 Å². The third-order valence-electron chi connectivity index (χ3n) is 6.86. The van der Waals surface area contributed by atoms with Gasteiger partial charge in [-0.15, -0.1) is 12.3 Å². The van der Waals surface area contributed by atoms with Gasteiger partial charge in [0, 0.05) is 23.9 Å². The average molecular weight is 548 g/mol. The standard InChI is InChI=1S/C32H46FN3O.C3H4/c1-7-11-15-30(33)27(9-3)23-37-31-20-28(21-35-32(31)34)24(5)16-17-25(6)29(10-4)26(8-2)22-36-18-13-12-14-19-36;1-3-2/h8,11,15-17,20-21H,5,7,9-10,12-14,18-19,22-23H2,1-4,6H3,(H2,34,35);1H,2H3/b15-11-,17-16-,26-8-,29-25+,30-27-;. The first-order chi connectivity index (χ1) is 19.3. The molecule has 1 aliphatic rings. The summed E-state index contributed by atoms with van der Waals surface area (Å²) < 4.78 is 20.3. The number of pyridine rings is 1. The molecular weight excluding hydrogens is 497 g/mol. The van der Waals surface area contributed by atoms with Crippen molar-refractivity contribution in [2.75, 3.05) is 32.0 Å². The number of aromatic nitrogens is 1. The summed E-state index contributed by atoms with van der Waals surface area (Å²) in [7, 11) is 0. The van der Waals surface area contributed by atoms with Crippen LogP contribution < -0.4 is 10.5 Å². The minimum absolute atomic E-state index is 0.124. The SMILES string of the molecule is C#CC.C=C(\C=C/C(C)=C(CC)/C(=C\C)CN1CCCCC1)c1cnc(N)c(OC/C(CC)=C(F)/C=C\CC)c1. The number of nitrogens with zero attached hydrogens (tertiary/aromatic N) is 2. The number of hydrogen-bond acceptors (Lipinski definition) is 4. The van der Waals surface area contributed by atoms with E-state index in [1.54, 1.807) is 19.2 Å². The van der Waals surface area contributed by atoms with Crippen molar-refractivity contribution in [3.63, 3.8) is 0 Å². The van der Waals surface area contributed by atoms with Gasteiger partial charge in [-0.3, -0.25) is 4.90 Å². The lowest BCUT2D eigenvalue weighted by atomic mass is 9.96. The number of allylic oxidation sites excluding steroid dienone is 8. The van der Waals surface area contributed by atoms with Crippen LogP contribution >= 0.6 is 0 Å². The first-order valence-electron chi connectivity index (χ1n) is 14.5. The molecule has 0 saturated carbocycles. The summed E-state index contributed by atoms with van der Waals surface area (Å²) in [4.78, 5) is 6.86. The van der Waals surface area contributed by atoms with Crippen molar-refractivity contribution < 1.29 is 9.13 Å². The van der Waals surface area contributed by atoms with Crippen LogP contribution in [-0.2, 0) is 0 Å². The van der Waals surface area contributed by atoms with E-state index in [1.807, 2.05) is 26.0 Å².